The molecule has 1 aliphatic rings. The second-order valence-electron chi connectivity index (χ2n) is 2.89. The Bertz CT molecular complexity index is 289. The van der Waals surface area contributed by atoms with Crippen LogP contribution in [0.4, 0.5) is 0 Å². The number of aromatic nitrogens is 1. The first-order valence-electron chi connectivity index (χ1n) is 4.13. The third-order valence-electron chi connectivity index (χ3n) is 1.90. The molecule has 3 nitrogen and oxygen atoms in total. The van der Waals surface area contributed by atoms with E-state index in [1.54, 1.807) is 12.4 Å². The topological polar surface area (TPSA) is 31.4 Å². The molecule has 0 spiro atoms. The lowest BCUT2D eigenvalue weighted by Crippen LogP contribution is -2.38. The van der Waals surface area contributed by atoms with E-state index >= 15 is 0 Å². The smallest absolute Gasteiger partial charge is 0.145 e. The van der Waals surface area contributed by atoms with Crippen molar-refractivity contribution in [1.82, 2.24) is 4.98 Å². The van der Waals surface area contributed by atoms with Crippen LogP contribution in [0.15, 0.2) is 18.5 Å². The molecular weight excluding hydrogens is 190 g/mol. The average molecular weight is 200 g/mol. The van der Waals surface area contributed by atoms with Crippen molar-refractivity contribution >= 4 is 11.6 Å². The van der Waals surface area contributed by atoms with Crippen molar-refractivity contribution < 1.29 is 9.47 Å². The highest BCUT2D eigenvalue weighted by molar-refractivity contribution is 6.17. The van der Waals surface area contributed by atoms with Gasteiger partial charge in [-0.25, -0.2) is 0 Å². The lowest BCUT2D eigenvalue weighted by Gasteiger charge is -2.27. The van der Waals surface area contributed by atoms with Gasteiger partial charge >= 0.3 is 0 Å². The second kappa shape index (κ2) is 3.94. The van der Waals surface area contributed by atoms with Gasteiger partial charge in [0.2, 0.25) is 0 Å². The Hall–Kier alpha value is -0.800. The maximum Gasteiger partial charge on any atom is 0.145 e. The van der Waals surface area contributed by atoms with Gasteiger partial charge < -0.3 is 9.47 Å². The van der Waals surface area contributed by atoms with Crippen molar-refractivity contribution in [2.75, 3.05) is 13.2 Å². The van der Waals surface area contributed by atoms with E-state index in [4.69, 9.17) is 21.1 Å². The molecule has 0 atom stereocenters. The fourth-order valence-electron chi connectivity index (χ4n) is 1.09. The highest BCUT2D eigenvalue weighted by Crippen LogP contribution is 2.21. The van der Waals surface area contributed by atoms with Crippen LogP contribution in [0.1, 0.15) is 5.56 Å². The summed E-state index contributed by atoms with van der Waals surface area (Å²) in [4.78, 5) is 3.97. The van der Waals surface area contributed by atoms with Crippen LogP contribution >= 0.6 is 11.6 Å². The van der Waals surface area contributed by atoms with Crippen LogP contribution in [0.3, 0.4) is 0 Å². The van der Waals surface area contributed by atoms with Crippen molar-refractivity contribution in [3.05, 3.63) is 24.0 Å². The van der Waals surface area contributed by atoms with Gasteiger partial charge in [0.15, 0.2) is 0 Å². The molecule has 70 valence electrons. The molecular formula is C9H10ClNO2. The molecule has 0 N–H and O–H groups in total. The van der Waals surface area contributed by atoms with Gasteiger partial charge in [0.05, 0.1) is 19.1 Å². The molecule has 0 unspecified atom stereocenters. The third kappa shape index (κ3) is 1.92. The van der Waals surface area contributed by atoms with Crippen LogP contribution in [0.2, 0.25) is 0 Å². The zero-order chi connectivity index (χ0) is 9.10. The van der Waals surface area contributed by atoms with Gasteiger partial charge in [0.25, 0.3) is 0 Å². The Balaban J connectivity index is 2.08. The summed E-state index contributed by atoms with van der Waals surface area (Å²) in [5, 5.41) is 0. The number of pyridine rings is 1. The van der Waals surface area contributed by atoms with E-state index in [0.29, 0.717) is 19.1 Å². The number of hydrogen-bond donors (Lipinski definition) is 0. The molecule has 1 aromatic heterocycles. The Labute approximate surface area is 81.6 Å². The Morgan fingerprint density at radius 2 is 2.46 bits per heavy atom. The monoisotopic (exact) mass is 199 g/mol. The highest BCUT2D eigenvalue weighted by Gasteiger charge is 2.20. The molecule has 0 bridgehead atoms. The molecule has 0 saturated carbocycles. The molecule has 0 radical (unpaired) electrons. The van der Waals surface area contributed by atoms with Gasteiger partial charge in [-0.1, -0.05) is 0 Å². The molecule has 1 aromatic rings. The predicted octanol–water partition coefficient (Wildman–Crippen LogP) is 1.60. The Morgan fingerprint density at radius 3 is 3.08 bits per heavy atom. The van der Waals surface area contributed by atoms with Crippen LogP contribution in [0, 0.1) is 0 Å². The first-order valence-corrected chi connectivity index (χ1v) is 4.67. The van der Waals surface area contributed by atoms with Crippen molar-refractivity contribution in [3.63, 3.8) is 0 Å². The largest absolute Gasteiger partial charge is 0.485 e. The first-order chi connectivity index (χ1) is 6.40. The fourth-order valence-corrected chi connectivity index (χ4v) is 1.29. The number of halogens is 1. The predicted molar refractivity (Wildman–Crippen MR) is 49.0 cm³/mol. The fraction of sp³-hybridized carbons (Fsp3) is 0.444. The third-order valence-corrected chi connectivity index (χ3v) is 2.19. The number of nitrogens with zero attached hydrogens (tertiary/aromatic N) is 1. The van der Waals surface area contributed by atoms with E-state index in [1.165, 1.54) is 0 Å². The highest BCUT2D eigenvalue weighted by atomic mass is 35.5. The number of ether oxygens (including phenoxy) is 2. The minimum atomic E-state index is 0.185. The van der Waals surface area contributed by atoms with Crippen molar-refractivity contribution in [3.8, 4) is 5.75 Å². The van der Waals surface area contributed by atoms with E-state index in [1.807, 2.05) is 6.07 Å². The van der Waals surface area contributed by atoms with Crippen LogP contribution in [-0.2, 0) is 10.6 Å². The molecule has 0 aliphatic carbocycles. The summed E-state index contributed by atoms with van der Waals surface area (Å²) in [6.45, 7) is 1.34. The summed E-state index contributed by atoms with van der Waals surface area (Å²) >= 11 is 5.73. The van der Waals surface area contributed by atoms with Gasteiger partial charge in [-0.15, -0.1) is 11.6 Å². The summed E-state index contributed by atoms with van der Waals surface area (Å²) in [6, 6.07) is 1.83. The van der Waals surface area contributed by atoms with Gasteiger partial charge in [-0.2, -0.15) is 0 Å². The maximum absolute atomic E-state index is 5.73. The molecule has 1 aliphatic heterocycles. The number of hydrogen-bond acceptors (Lipinski definition) is 3. The molecule has 2 rings (SSSR count). The zero-order valence-electron chi connectivity index (χ0n) is 7.07. The van der Waals surface area contributed by atoms with E-state index < -0.39 is 0 Å². The summed E-state index contributed by atoms with van der Waals surface area (Å²) in [5.41, 5.74) is 0.927. The van der Waals surface area contributed by atoms with Crippen LogP contribution in [-0.4, -0.2) is 24.3 Å². The van der Waals surface area contributed by atoms with Crippen LogP contribution < -0.4 is 4.74 Å². The van der Waals surface area contributed by atoms with Gasteiger partial charge in [0, 0.05) is 18.0 Å². The van der Waals surface area contributed by atoms with Crippen LogP contribution in [0.25, 0.3) is 0 Å². The molecule has 1 saturated heterocycles. The molecule has 1 fully saturated rings. The molecule has 4 heteroatoms. The average Bonchev–Trinajstić information content (AvgIpc) is 2.12. The molecule has 0 aromatic carbocycles. The van der Waals surface area contributed by atoms with E-state index in [9.17, 15) is 0 Å². The van der Waals surface area contributed by atoms with Gasteiger partial charge in [-0.3, -0.25) is 4.98 Å². The van der Waals surface area contributed by atoms with E-state index in [0.717, 1.165) is 11.3 Å². The van der Waals surface area contributed by atoms with Crippen molar-refractivity contribution in [2.24, 2.45) is 0 Å². The normalized spacial score (nSPS) is 16.7. The summed E-state index contributed by atoms with van der Waals surface area (Å²) in [6.07, 6.45) is 3.61. The van der Waals surface area contributed by atoms with Crippen LogP contribution in [0.5, 0.6) is 5.75 Å². The van der Waals surface area contributed by atoms with Gasteiger partial charge in [-0.05, 0) is 6.07 Å². The zero-order valence-corrected chi connectivity index (χ0v) is 7.83. The Morgan fingerprint density at radius 1 is 1.62 bits per heavy atom. The minimum Gasteiger partial charge on any atom is -0.485 e. The first kappa shape index (κ1) is 8.78. The lowest BCUT2D eigenvalue weighted by molar-refractivity contribution is -0.0799. The number of rotatable bonds is 3. The summed E-state index contributed by atoms with van der Waals surface area (Å²) in [7, 11) is 0. The summed E-state index contributed by atoms with van der Waals surface area (Å²) < 4.78 is 10.6. The van der Waals surface area contributed by atoms with Crippen molar-refractivity contribution in [2.45, 2.75) is 12.0 Å². The summed E-state index contributed by atoms with van der Waals surface area (Å²) in [5.74, 6) is 1.25. The van der Waals surface area contributed by atoms with Crippen molar-refractivity contribution in [1.29, 1.82) is 0 Å². The molecule has 2 heterocycles. The second-order valence-corrected chi connectivity index (χ2v) is 3.16. The quantitative estimate of drug-likeness (QED) is 0.693. The van der Waals surface area contributed by atoms with E-state index in [2.05, 4.69) is 4.98 Å². The lowest BCUT2D eigenvalue weighted by atomic mass is 10.2. The van der Waals surface area contributed by atoms with Gasteiger partial charge in [0.1, 0.15) is 11.9 Å². The minimum absolute atomic E-state index is 0.185. The molecule has 13 heavy (non-hydrogen) atoms. The Kier molecular flexibility index (Phi) is 2.66. The maximum atomic E-state index is 5.73. The number of alkyl halides is 1. The molecule has 0 amide bonds. The van der Waals surface area contributed by atoms with E-state index in [-0.39, 0.29) is 6.10 Å². The SMILES string of the molecule is ClCc1cnccc1OC1COC1. The standard InChI is InChI=1S/C9H10ClNO2/c10-3-7-4-11-2-1-9(7)13-8-5-12-6-8/h1-2,4,8H,3,5-6H2.